The van der Waals surface area contributed by atoms with Crippen molar-refractivity contribution in [2.24, 2.45) is 11.1 Å². The summed E-state index contributed by atoms with van der Waals surface area (Å²) in [5, 5.41) is 12.3. The fourth-order valence-corrected chi connectivity index (χ4v) is 1.05. The van der Waals surface area contributed by atoms with Gasteiger partial charge in [0.15, 0.2) is 0 Å². The molecule has 0 aliphatic carbocycles. The Kier molecular flexibility index (Phi) is 5.00. The molecule has 0 radical (unpaired) electrons. The number of ether oxygens (including phenoxy) is 1. The molecule has 17 heavy (non-hydrogen) atoms. The molecule has 0 amide bonds. The molecule has 5 nitrogen and oxygen atoms in total. The minimum absolute atomic E-state index is 0.0514. The van der Waals surface area contributed by atoms with Crippen molar-refractivity contribution in [3.63, 3.8) is 0 Å². The van der Waals surface area contributed by atoms with Crippen LogP contribution in [0.1, 0.15) is 12.5 Å². The van der Waals surface area contributed by atoms with Crippen molar-refractivity contribution < 1.29 is 19.5 Å². The van der Waals surface area contributed by atoms with Crippen LogP contribution in [0.4, 0.5) is 0 Å². The summed E-state index contributed by atoms with van der Waals surface area (Å²) < 4.78 is 5.05. The second kappa shape index (κ2) is 6.52. The summed E-state index contributed by atoms with van der Waals surface area (Å²) in [5.41, 5.74) is 0.826. The van der Waals surface area contributed by atoms with Crippen LogP contribution in [0.5, 0.6) is 5.75 Å². The molecule has 0 heterocycles. The van der Waals surface area contributed by atoms with Gasteiger partial charge in [-0.3, -0.25) is 4.79 Å². The average Bonchev–Trinajstić information content (AvgIpc) is 2.34. The van der Waals surface area contributed by atoms with Gasteiger partial charge in [-0.1, -0.05) is 17.3 Å². The van der Waals surface area contributed by atoms with Gasteiger partial charge in [0.1, 0.15) is 12.4 Å². The number of aliphatic carboxylic acids is 1. The molecule has 0 aromatic heterocycles. The molecule has 1 N–H and O–H groups in total. The van der Waals surface area contributed by atoms with Crippen LogP contribution in [0, 0.1) is 5.92 Å². The first-order chi connectivity index (χ1) is 8.13. The molecule has 0 bridgehead atoms. The molecule has 5 heteroatoms. The molecule has 1 aromatic carbocycles. The molecular formula is C12H15NO4. The third-order valence-corrected chi connectivity index (χ3v) is 2.12. The Bertz CT molecular complexity index is 403. The van der Waals surface area contributed by atoms with Gasteiger partial charge in [0.2, 0.25) is 0 Å². The number of benzene rings is 1. The Morgan fingerprint density at radius 2 is 2.35 bits per heavy atom. The van der Waals surface area contributed by atoms with E-state index in [1.54, 1.807) is 20.1 Å². The van der Waals surface area contributed by atoms with Gasteiger partial charge in [0, 0.05) is 0 Å². The Balaban J connectivity index is 2.45. The smallest absolute Gasteiger partial charge is 0.309 e. The second-order valence-electron chi connectivity index (χ2n) is 3.55. The Morgan fingerprint density at radius 1 is 1.59 bits per heavy atom. The van der Waals surface area contributed by atoms with Gasteiger partial charge in [-0.15, -0.1) is 0 Å². The molecule has 0 saturated carbocycles. The van der Waals surface area contributed by atoms with Crippen molar-refractivity contribution >= 4 is 12.2 Å². The van der Waals surface area contributed by atoms with Gasteiger partial charge in [0.25, 0.3) is 0 Å². The molecule has 0 unspecified atom stereocenters. The molecule has 1 aromatic rings. The third-order valence-electron chi connectivity index (χ3n) is 2.12. The highest BCUT2D eigenvalue weighted by molar-refractivity contribution is 5.79. The minimum atomic E-state index is -0.901. The molecular weight excluding hydrogens is 222 g/mol. The highest BCUT2D eigenvalue weighted by Gasteiger charge is 2.10. The molecule has 92 valence electrons. The van der Waals surface area contributed by atoms with E-state index in [0.717, 1.165) is 11.3 Å². The fourth-order valence-electron chi connectivity index (χ4n) is 1.05. The first-order valence-corrected chi connectivity index (χ1v) is 5.15. The summed E-state index contributed by atoms with van der Waals surface area (Å²) in [6, 6.07) is 7.30. The number of nitrogens with zero attached hydrogens (tertiary/aromatic N) is 1. The van der Waals surface area contributed by atoms with Crippen LogP contribution < -0.4 is 4.74 Å². The van der Waals surface area contributed by atoms with Crippen LogP contribution in [0.3, 0.4) is 0 Å². The quantitative estimate of drug-likeness (QED) is 0.604. The molecule has 1 rings (SSSR count). The maximum absolute atomic E-state index is 10.5. The third kappa shape index (κ3) is 4.55. The largest absolute Gasteiger partial charge is 0.497 e. The summed E-state index contributed by atoms with van der Waals surface area (Å²) >= 11 is 0. The highest BCUT2D eigenvalue weighted by atomic mass is 16.6. The van der Waals surface area contributed by atoms with E-state index in [4.69, 9.17) is 14.7 Å². The summed E-state index contributed by atoms with van der Waals surface area (Å²) in [4.78, 5) is 15.4. The van der Waals surface area contributed by atoms with Gasteiger partial charge in [0.05, 0.1) is 19.2 Å². The van der Waals surface area contributed by atoms with Gasteiger partial charge >= 0.3 is 5.97 Å². The normalized spacial score (nSPS) is 12.4. The maximum atomic E-state index is 10.5. The second-order valence-corrected chi connectivity index (χ2v) is 3.55. The number of rotatable bonds is 6. The van der Waals surface area contributed by atoms with E-state index in [1.807, 2.05) is 18.2 Å². The zero-order valence-electron chi connectivity index (χ0n) is 9.79. The predicted octanol–water partition coefficient (Wildman–Crippen LogP) is 1.77. The lowest BCUT2D eigenvalue weighted by atomic mass is 10.2. The maximum Gasteiger partial charge on any atom is 0.309 e. The first-order valence-electron chi connectivity index (χ1n) is 5.15. The molecule has 0 saturated heterocycles. The Hall–Kier alpha value is -2.04. The number of carboxylic acids is 1. The average molecular weight is 237 g/mol. The van der Waals surface area contributed by atoms with Gasteiger partial charge < -0.3 is 14.7 Å². The predicted molar refractivity (Wildman–Crippen MR) is 63.3 cm³/mol. The van der Waals surface area contributed by atoms with Crippen LogP contribution in [-0.4, -0.2) is 31.0 Å². The molecule has 0 spiro atoms. The Labute approximate surface area is 99.7 Å². The van der Waals surface area contributed by atoms with Gasteiger partial charge in [-0.05, 0) is 24.6 Å². The zero-order valence-corrected chi connectivity index (χ0v) is 9.79. The van der Waals surface area contributed by atoms with Crippen molar-refractivity contribution in [1.82, 2.24) is 0 Å². The van der Waals surface area contributed by atoms with Crippen molar-refractivity contribution in [2.75, 3.05) is 13.7 Å². The van der Waals surface area contributed by atoms with E-state index < -0.39 is 11.9 Å². The topological polar surface area (TPSA) is 68.1 Å². The number of hydrogen-bond acceptors (Lipinski definition) is 4. The van der Waals surface area contributed by atoms with Crippen LogP contribution in [0.2, 0.25) is 0 Å². The Morgan fingerprint density at radius 3 is 3.00 bits per heavy atom. The van der Waals surface area contributed by atoms with Gasteiger partial charge in [-0.2, -0.15) is 0 Å². The van der Waals surface area contributed by atoms with E-state index in [1.165, 1.54) is 6.21 Å². The minimum Gasteiger partial charge on any atom is -0.497 e. The van der Waals surface area contributed by atoms with E-state index in [-0.39, 0.29) is 6.61 Å². The fraction of sp³-hybridized carbons (Fsp3) is 0.333. The SMILES string of the molecule is COc1cccc(/C=N/OC[C@@H](C)C(=O)O)c1. The number of hydrogen-bond donors (Lipinski definition) is 1. The summed E-state index contributed by atoms with van der Waals surface area (Å²) in [5.74, 6) is -0.744. The number of carboxylic acid groups (broad SMARTS) is 1. The van der Waals surface area contributed by atoms with Crippen LogP contribution >= 0.6 is 0 Å². The molecule has 0 aliphatic heterocycles. The lowest BCUT2D eigenvalue weighted by molar-refractivity contribution is -0.143. The highest BCUT2D eigenvalue weighted by Crippen LogP contribution is 2.10. The summed E-state index contributed by atoms with van der Waals surface area (Å²) in [6.45, 7) is 1.61. The van der Waals surface area contributed by atoms with E-state index in [2.05, 4.69) is 5.16 Å². The molecule has 1 atom stereocenters. The zero-order chi connectivity index (χ0) is 12.7. The van der Waals surface area contributed by atoms with Crippen molar-refractivity contribution in [1.29, 1.82) is 0 Å². The number of oxime groups is 1. The number of carbonyl (C=O) groups is 1. The summed E-state index contributed by atoms with van der Waals surface area (Å²) in [6.07, 6.45) is 1.51. The van der Waals surface area contributed by atoms with Crippen molar-refractivity contribution in [2.45, 2.75) is 6.92 Å². The molecule has 0 aliphatic rings. The standard InChI is InChI=1S/C12H15NO4/c1-9(12(14)15)8-17-13-7-10-4-3-5-11(6-10)16-2/h3-7,9H,8H2,1-2H3,(H,14,15)/b13-7+/t9-/m1/s1. The van der Waals surface area contributed by atoms with Crippen LogP contribution in [-0.2, 0) is 9.63 Å². The first kappa shape index (κ1) is 13.0. The molecule has 0 fully saturated rings. The van der Waals surface area contributed by atoms with Crippen LogP contribution in [0.25, 0.3) is 0 Å². The van der Waals surface area contributed by atoms with E-state index in [0.29, 0.717) is 0 Å². The van der Waals surface area contributed by atoms with Crippen molar-refractivity contribution in [3.05, 3.63) is 29.8 Å². The van der Waals surface area contributed by atoms with Crippen molar-refractivity contribution in [3.8, 4) is 5.75 Å². The number of methoxy groups -OCH3 is 1. The monoisotopic (exact) mass is 237 g/mol. The lowest BCUT2D eigenvalue weighted by Gasteiger charge is -2.03. The van der Waals surface area contributed by atoms with Gasteiger partial charge in [-0.25, -0.2) is 0 Å². The van der Waals surface area contributed by atoms with E-state index in [9.17, 15) is 4.79 Å². The lowest BCUT2D eigenvalue weighted by Crippen LogP contribution is -2.14. The van der Waals surface area contributed by atoms with Crippen LogP contribution in [0.15, 0.2) is 29.4 Å². The summed E-state index contributed by atoms with van der Waals surface area (Å²) in [7, 11) is 1.58. The van der Waals surface area contributed by atoms with E-state index >= 15 is 0 Å².